The van der Waals surface area contributed by atoms with E-state index < -0.39 is 21.8 Å². The smallest absolute Gasteiger partial charge is 0.416 e. The van der Waals surface area contributed by atoms with Gasteiger partial charge in [-0.3, -0.25) is 9.52 Å². The van der Waals surface area contributed by atoms with Crippen LogP contribution in [-0.2, 0) is 32.1 Å². The van der Waals surface area contributed by atoms with Crippen molar-refractivity contribution in [3.8, 4) is 28.0 Å². The van der Waals surface area contributed by atoms with Crippen LogP contribution in [0.5, 0.6) is 5.75 Å². The number of carbonyl (C=O) groups is 1. The number of amides is 1. The number of fused-ring (bicyclic) bond motifs is 1. The molecule has 1 heterocycles. The summed E-state index contributed by atoms with van der Waals surface area (Å²) in [6.07, 6.45) is -3.01. The first-order valence-electron chi connectivity index (χ1n) is 14.0. The average molecular weight is 641 g/mol. The third-order valence-corrected chi connectivity index (χ3v) is 7.82. The molecule has 12 heteroatoms. The molecule has 0 saturated carbocycles. The molecule has 4 aromatic rings. The molecule has 1 aliphatic rings. The standard InChI is InChI=1S/C33H31F3N2O6S/c1-42-16-17-43-21-44-31-13-10-26(20-30(31)37-45(2,40)41)38-15-14-24-18-23(8-11-28(24)32(38)39)27-12-9-25(33(34,35)36)19-29(27)22-6-4-3-5-7-22/h3-13,18-20,37H,14-17,21H2,1-2H3. The summed E-state index contributed by atoms with van der Waals surface area (Å²) in [5, 5.41) is 0. The molecule has 0 radical (unpaired) electrons. The number of halogens is 3. The number of methoxy groups -OCH3 is 1. The SMILES string of the molecule is COCCOCOc1ccc(N2CCc3cc(-c4ccc(C(F)(F)F)cc4-c4ccccc4)ccc3C2=O)cc1NS(C)(=O)=O. The van der Waals surface area contributed by atoms with Crippen LogP contribution in [0, 0.1) is 0 Å². The minimum Gasteiger partial charge on any atom is -0.465 e. The molecule has 0 bridgehead atoms. The van der Waals surface area contributed by atoms with Crippen molar-refractivity contribution in [2.75, 3.05) is 49.5 Å². The zero-order valence-electron chi connectivity index (χ0n) is 24.6. The highest BCUT2D eigenvalue weighted by Crippen LogP contribution is 2.39. The van der Waals surface area contributed by atoms with Crippen LogP contribution in [-0.4, -0.2) is 54.2 Å². The van der Waals surface area contributed by atoms with Crippen LogP contribution in [0.2, 0.25) is 0 Å². The molecule has 0 unspecified atom stereocenters. The number of benzene rings is 4. The maximum Gasteiger partial charge on any atom is 0.416 e. The molecule has 1 aliphatic heterocycles. The number of nitrogens with one attached hydrogen (secondary N) is 1. The van der Waals surface area contributed by atoms with Crippen LogP contribution in [0.4, 0.5) is 24.5 Å². The Balaban J connectivity index is 1.44. The summed E-state index contributed by atoms with van der Waals surface area (Å²) in [5.74, 6) is -0.0674. The number of hydrogen-bond acceptors (Lipinski definition) is 6. The molecule has 0 fully saturated rings. The predicted octanol–water partition coefficient (Wildman–Crippen LogP) is 6.61. The number of ether oxygens (including phenoxy) is 3. The van der Waals surface area contributed by atoms with Crippen molar-refractivity contribution in [2.45, 2.75) is 12.6 Å². The number of anilines is 2. The fourth-order valence-corrected chi connectivity index (χ4v) is 5.69. The molecule has 45 heavy (non-hydrogen) atoms. The molecular weight excluding hydrogens is 609 g/mol. The van der Waals surface area contributed by atoms with Crippen LogP contribution in [0.1, 0.15) is 21.5 Å². The van der Waals surface area contributed by atoms with Gasteiger partial charge in [0.25, 0.3) is 5.91 Å². The van der Waals surface area contributed by atoms with Gasteiger partial charge >= 0.3 is 6.18 Å². The van der Waals surface area contributed by atoms with Gasteiger partial charge in [-0.05, 0) is 70.6 Å². The van der Waals surface area contributed by atoms with Gasteiger partial charge in [0, 0.05) is 24.9 Å². The third kappa shape index (κ3) is 7.64. The summed E-state index contributed by atoms with van der Waals surface area (Å²) in [4.78, 5) is 15.2. The summed E-state index contributed by atoms with van der Waals surface area (Å²) in [6, 6.07) is 22.5. The Hall–Kier alpha value is -4.39. The quantitative estimate of drug-likeness (QED) is 0.147. The first kappa shape index (κ1) is 32.0. The van der Waals surface area contributed by atoms with E-state index >= 15 is 0 Å². The van der Waals surface area contributed by atoms with Crippen LogP contribution in [0.15, 0.2) is 84.9 Å². The van der Waals surface area contributed by atoms with Gasteiger partial charge < -0.3 is 19.1 Å². The highest BCUT2D eigenvalue weighted by Gasteiger charge is 2.32. The van der Waals surface area contributed by atoms with Crippen molar-refractivity contribution in [3.63, 3.8) is 0 Å². The Morgan fingerprint density at radius 1 is 0.867 bits per heavy atom. The number of rotatable bonds is 11. The van der Waals surface area contributed by atoms with E-state index in [0.29, 0.717) is 59.7 Å². The molecule has 1 N–H and O–H groups in total. The molecule has 0 aliphatic carbocycles. The minimum atomic E-state index is -4.49. The molecule has 4 aromatic carbocycles. The van der Waals surface area contributed by atoms with Gasteiger partial charge in [-0.1, -0.05) is 48.5 Å². The number of nitrogens with zero attached hydrogens (tertiary/aromatic N) is 1. The largest absolute Gasteiger partial charge is 0.465 e. The molecule has 236 valence electrons. The predicted molar refractivity (Wildman–Crippen MR) is 166 cm³/mol. The van der Waals surface area contributed by atoms with Gasteiger partial charge in [-0.25, -0.2) is 8.42 Å². The zero-order chi connectivity index (χ0) is 32.2. The lowest BCUT2D eigenvalue weighted by Crippen LogP contribution is -2.37. The topological polar surface area (TPSA) is 94.2 Å². The molecule has 0 spiro atoms. The highest BCUT2D eigenvalue weighted by molar-refractivity contribution is 7.92. The van der Waals surface area contributed by atoms with E-state index in [-0.39, 0.29) is 24.1 Å². The molecule has 8 nitrogen and oxygen atoms in total. The Bertz CT molecular complexity index is 1800. The van der Waals surface area contributed by atoms with Crippen LogP contribution in [0.3, 0.4) is 0 Å². The average Bonchev–Trinajstić information content (AvgIpc) is 3.00. The second-order valence-corrected chi connectivity index (χ2v) is 12.2. The molecule has 0 aromatic heterocycles. The molecule has 0 atom stereocenters. The van der Waals surface area contributed by atoms with Crippen molar-refractivity contribution in [1.29, 1.82) is 0 Å². The second kappa shape index (κ2) is 13.3. The maximum atomic E-state index is 13.7. The van der Waals surface area contributed by atoms with Crippen molar-refractivity contribution in [1.82, 2.24) is 0 Å². The highest BCUT2D eigenvalue weighted by atomic mass is 32.2. The summed E-state index contributed by atoms with van der Waals surface area (Å²) in [7, 11) is -2.13. The number of sulfonamides is 1. The zero-order valence-corrected chi connectivity index (χ0v) is 25.4. The van der Waals surface area contributed by atoms with E-state index in [4.69, 9.17) is 14.2 Å². The van der Waals surface area contributed by atoms with E-state index in [9.17, 15) is 26.4 Å². The monoisotopic (exact) mass is 640 g/mol. The number of hydrogen-bond donors (Lipinski definition) is 1. The fraction of sp³-hybridized carbons (Fsp3) is 0.242. The fourth-order valence-electron chi connectivity index (χ4n) is 5.13. The van der Waals surface area contributed by atoms with Crippen molar-refractivity contribution in [2.24, 2.45) is 0 Å². The summed E-state index contributed by atoms with van der Waals surface area (Å²) in [6.45, 7) is 0.825. The lowest BCUT2D eigenvalue weighted by molar-refractivity contribution is -0.137. The van der Waals surface area contributed by atoms with Crippen LogP contribution < -0.4 is 14.4 Å². The second-order valence-electron chi connectivity index (χ2n) is 10.4. The Kier molecular flexibility index (Phi) is 9.47. The van der Waals surface area contributed by atoms with E-state index in [0.717, 1.165) is 24.0 Å². The van der Waals surface area contributed by atoms with E-state index in [2.05, 4.69) is 4.72 Å². The molecule has 1 amide bonds. The van der Waals surface area contributed by atoms with Gasteiger partial charge in [0.2, 0.25) is 10.0 Å². The number of alkyl halides is 3. The summed E-state index contributed by atoms with van der Waals surface area (Å²) >= 11 is 0. The maximum absolute atomic E-state index is 13.7. The van der Waals surface area contributed by atoms with Crippen molar-refractivity contribution in [3.05, 3.63) is 102 Å². The van der Waals surface area contributed by atoms with Crippen molar-refractivity contribution < 1.29 is 40.6 Å². The first-order chi connectivity index (χ1) is 21.4. The normalized spacial score (nSPS) is 13.4. The first-order valence-corrected chi connectivity index (χ1v) is 15.9. The van der Waals surface area contributed by atoms with Gasteiger partial charge in [0.05, 0.1) is 30.7 Å². The van der Waals surface area contributed by atoms with Crippen LogP contribution >= 0.6 is 0 Å². The molecule has 0 saturated heterocycles. The summed E-state index contributed by atoms with van der Waals surface area (Å²) < 4.78 is 83.2. The minimum absolute atomic E-state index is 0.135. The Morgan fingerprint density at radius 3 is 2.33 bits per heavy atom. The molecular formula is C33H31F3N2O6S. The lowest BCUT2D eigenvalue weighted by Gasteiger charge is -2.30. The third-order valence-electron chi connectivity index (χ3n) is 7.23. The van der Waals surface area contributed by atoms with E-state index in [1.807, 2.05) is 6.07 Å². The number of carbonyl (C=O) groups excluding carboxylic acids is 1. The Labute approximate surface area is 259 Å². The summed E-state index contributed by atoms with van der Waals surface area (Å²) in [5.41, 5.74) is 3.46. The van der Waals surface area contributed by atoms with Gasteiger partial charge in [0.15, 0.2) is 6.79 Å². The van der Waals surface area contributed by atoms with Crippen molar-refractivity contribution >= 4 is 27.3 Å². The Morgan fingerprint density at radius 2 is 1.62 bits per heavy atom. The van der Waals surface area contributed by atoms with Gasteiger partial charge in [-0.2, -0.15) is 13.2 Å². The molecule has 5 rings (SSSR count). The van der Waals surface area contributed by atoms with Gasteiger partial charge in [-0.15, -0.1) is 0 Å². The van der Waals surface area contributed by atoms with Gasteiger partial charge in [0.1, 0.15) is 5.75 Å². The van der Waals surface area contributed by atoms with E-state index in [1.54, 1.807) is 59.5 Å². The van der Waals surface area contributed by atoms with E-state index in [1.165, 1.54) is 19.2 Å². The van der Waals surface area contributed by atoms with Crippen LogP contribution in [0.25, 0.3) is 22.3 Å². The lowest BCUT2D eigenvalue weighted by atomic mass is 9.89.